The number of fused-ring (bicyclic) bond motifs is 1. The van der Waals surface area contributed by atoms with Crippen LogP contribution in [0.4, 0.5) is 4.39 Å². The summed E-state index contributed by atoms with van der Waals surface area (Å²) in [4.78, 5) is -0.0346. The summed E-state index contributed by atoms with van der Waals surface area (Å²) in [6, 6.07) is 3.82. The first-order chi connectivity index (χ1) is 9.39. The standard InChI is InChI=1S/C13H15BrFNO3S/c14-11-3-2-9(5-12(11)15)20(18,19)16-6-8-1-4-13(17)10(8)7-16/h2-3,5,8,10,13,17H,1,4,6-7H2. The van der Waals surface area contributed by atoms with Gasteiger partial charge in [0.2, 0.25) is 10.0 Å². The van der Waals surface area contributed by atoms with Gasteiger partial charge in [0.25, 0.3) is 0 Å². The van der Waals surface area contributed by atoms with Gasteiger partial charge in [-0.15, -0.1) is 0 Å². The van der Waals surface area contributed by atoms with Gasteiger partial charge in [0.05, 0.1) is 15.5 Å². The highest BCUT2D eigenvalue weighted by Gasteiger charge is 2.45. The summed E-state index contributed by atoms with van der Waals surface area (Å²) >= 11 is 3.01. The predicted molar refractivity (Wildman–Crippen MR) is 75.1 cm³/mol. The van der Waals surface area contributed by atoms with Gasteiger partial charge in [0.15, 0.2) is 0 Å². The Morgan fingerprint density at radius 2 is 2.05 bits per heavy atom. The highest BCUT2D eigenvalue weighted by atomic mass is 79.9. The number of hydrogen-bond acceptors (Lipinski definition) is 3. The van der Waals surface area contributed by atoms with Gasteiger partial charge < -0.3 is 5.11 Å². The van der Waals surface area contributed by atoms with Crippen LogP contribution in [-0.2, 0) is 10.0 Å². The fraction of sp³-hybridized carbons (Fsp3) is 0.538. The number of halogens is 2. The van der Waals surface area contributed by atoms with E-state index in [1.54, 1.807) is 0 Å². The van der Waals surface area contributed by atoms with Crippen molar-refractivity contribution in [3.05, 3.63) is 28.5 Å². The van der Waals surface area contributed by atoms with E-state index in [1.165, 1.54) is 16.4 Å². The van der Waals surface area contributed by atoms with Crippen molar-refractivity contribution < 1.29 is 17.9 Å². The van der Waals surface area contributed by atoms with Gasteiger partial charge in [-0.1, -0.05) is 0 Å². The molecule has 1 saturated carbocycles. The smallest absolute Gasteiger partial charge is 0.243 e. The lowest BCUT2D eigenvalue weighted by molar-refractivity contribution is 0.129. The fourth-order valence-electron chi connectivity index (χ4n) is 3.18. The second-order valence-corrected chi connectivity index (χ2v) is 8.26. The summed E-state index contributed by atoms with van der Waals surface area (Å²) in [6.45, 7) is 0.744. The first-order valence-corrected chi connectivity index (χ1v) is 8.76. The predicted octanol–water partition coefficient (Wildman–Crippen LogP) is 1.98. The van der Waals surface area contributed by atoms with Gasteiger partial charge in [0.1, 0.15) is 5.82 Å². The van der Waals surface area contributed by atoms with Crippen LogP contribution in [-0.4, -0.2) is 37.0 Å². The Morgan fingerprint density at radius 1 is 1.30 bits per heavy atom. The van der Waals surface area contributed by atoms with E-state index in [-0.39, 0.29) is 21.2 Å². The van der Waals surface area contributed by atoms with Crippen molar-refractivity contribution in [2.45, 2.75) is 23.8 Å². The van der Waals surface area contributed by atoms with E-state index in [1.807, 2.05) is 0 Å². The average Bonchev–Trinajstić information content (AvgIpc) is 2.96. The molecule has 1 N–H and O–H groups in total. The van der Waals surface area contributed by atoms with E-state index >= 15 is 0 Å². The molecule has 110 valence electrons. The molecule has 0 aromatic heterocycles. The molecule has 1 aliphatic heterocycles. The highest BCUT2D eigenvalue weighted by molar-refractivity contribution is 9.10. The second-order valence-electron chi connectivity index (χ2n) is 5.47. The maximum atomic E-state index is 13.5. The maximum Gasteiger partial charge on any atom is 0.243 e. The number of benzene rings is 1. The van der Waals surface area contributed by atoms with Crippen LogP contribution in [0.15, 0.2) is 27.6 Å². The Bertz CT molecular complexity index is 637. The van der Waals surface area contributed by atoms with Crippen LogP contribution in [0, 0.1) is 17.7 Å². The molecule has 2 aliphatic rings. The minimum atomic E-state index is -3.68. The molecule has 0 amide bonds. The van der Waals surface area contributed by atoms with Crippen LogP contribution in [0.1, 0.15) is 12.8 Å². The summed E-state index contributed by atoms with van der Waals surface area (Å²) in [7, 11) is -3.68. The number of sulfonamides is 1. The number of aliphatic hydroxyl groups is 1. The van der Waals surface area contributed by atoms with Crippen molar-refractivity contribution >= 4 is 26.0 Å². The van der Waals surface area contributed by atoms with Crippen molar-refractivity contribution in [1.29, 1.82) is 0 Å². The average molecular weight is 364 g/mol. The van der Waals surface area contributed by atoms with Crippen molar-refractivity contribution in [2.24, 2.45) is 11.8 Å². The third kappa shape index (κ3) is 2.30. The molecule has 4 nitrogen and oxygen atoms in total. The molecule has 1 saturated heterocycles. The summed E-state index contributed by atoms with van der Waals surface area (Å²) < 4.78 is 40.1. The normalized spacial score (nSPS) is 30.6. The molecule has 0 bridgehead atoms. The molecule has 2 fully saturated rings. The number of rotatable bonds is 2. The van der Waals surface area contributed by atoms with Crippen molar-refractivity contribution in [2.75, 3.05) is 13.1 Å². The molecule has 1 aromatic carbocycles. The van der Waals surface area contributed by atoms with E-state index < -0.39 is 21.9 Å². The molecule has 3 atom stereocenters. The number of nitrogens with zero attached hydrogens (tertiary/aromatic N) is 1. The van der Waals surface area contributed by atoms with Gasteiger partial charge >= 0.3 is 0 Å². The molecular weight excluding hydrogens is 349 g/mol. The highest BCUT2D eigenvalue weighted by Crippen LogP contribution is 2.40. The number of hydrogen-bond donors (Lipinski definition) is 1. The van der Waals surface area contributed by atoms with Crippen molar-refractivity contribution in [3.63, 3.8) is 0 Å². The molecule has 3 unspecified atom stereocenters. The second kappa shape index (κ2) is 5.05. The Morgan fingerprint density at radius 3 is 2.70 bits per heavy atom. The van der Waals surface area contributed by atoms with Gasteiger partial charge in [-0.2, -0.15) is 4.31 Å². The Labute approximate surface area is 125 Å². The zero-order chi connectivity index (χ0) is 14.5. The number of aliphatic hydroxyl groups excluding tert-OH is 1. The van der Waals surface area contributed by atoms with Gasteiger partial charge in [-0.05, 0) is 52.9 Å². The zero-order valence-electron chi connectivity index (χ0n) is 10.7. The molecule has 0 radical (unpaired) electrons. The van der Waals surface area contributed by atoms with Crippen LogP contribution in [0.3, 0.4) is 0 Å². The Balaban J connectivity index is 1.88. The van der Waals surface area contributed by atoms with Crippen LogP contribution < -0.4 is 0 Å². The lowest BCUT2D eigenvalue weighted by Gasteiger charge is -2.18. The van der Waals surface area contributed by atoms with E-state index in [0.29, 0.717) is 13.1 Å². The monoisotopic (exact) mass is 363 g/mol. The van der Waals surface area contributed by atoms with Crippen LogP contribution >= 0.6 is 15.9 Å². The quantitative estimate of drug-likeness (QED) is 0.873. The minimum absolute atomic E-state index is 0.0186. The molecule has 1 heterocycles. The Hall–Kier alpha value is -0.500. The summed E-state index contributed by atoms with van der Waals surface area (Å²) in [5.41, 5.74) is 0. The lowest BCUT2D eigenvalue weighted by atomic mass is 10.00. The van der Waals surface area contributed by atoms with Gasteiger partial charge in [-0.3, -0.25) is 0 Å². The largest absolute Gasteiger partial charge is 0.393 e. The SMILES string of the molecule is O=S(=O)(c1ccc(Br)c(F)c1)N1CC2CCC(O)C2C1. The lowest BCUT2D eigenvalue weighted by Crippen LogP contribution is -2.31. The van der Waals surface area contributed by atoms with Gasteiger partial charge in [0, 0.05) is 19.0 Å². The summed E-state index contributed by atoms with van der Waals surface area (Å²) in [5.74, 6) is -0.351. The molecule has 1 aliphatic carbocycles. The van der Waals surface area contributed by atoms with E-state index in [9.17, 15) is 17.9 Å². The molecule has 20 heavy (non-hydrogen) atoms. The van der Waals surface area contributed by atoms with Crippen LogP contribution in [0.2, 0.25) is 0 Å². The van der Waals surface area contributed by atoms with Crippen molar-refractivity contribution in [3.8, 4) is 0 Å². The first-order valence-electron chi connectivity index (χ1n) is 6.53. The third-order valence-corrected chi connectivity index (χ3v) is 6.79. The molecule has 3 rings (SSSR count). The first kappa shape index (κ1) is 14.4. The fourth-order valence-corrected chi connectivity index (χ4v) is 4.97. The van der Waals surface area contributed by atoms with E-state index in [2.05, 4.69) is 15.9 Å². The van der Waals surface area contributed by atoms with E-state index in [4.69, 9.17) is 0 Å². The van der Waals surface area contributed by atoms with Crippen LogP contribution in [0.25, 0.3) is 0 Å². The van der Waals surface area contributed by atoms with Crippen molar-refractivity contribution in [1.82, 2.24) is 4.31 Å². The molecular formula is C13H15BrFNO3S. The maximum absolute atomic E-state index is 13.5. The molecule has 7 heteroatoms. The Kier molecular flexibility index (Phi) is 3.64. The van der Waals surface area contributed by atoms with Crippen LogP contribution in [0.5, 0.6) is 0 Å². The van der Waals surface area contributed by atoms with Gasteiger partial charge in [-0.25, -0.2) is 12.8 Å². The summed E-state index contributed by atoms with van der Waals surface area (Å²) in [5, 5.41) is 9.85. The zero-order valence-corrected chi connectivity index (χ0v) is 13.1. The topological polar surface area (TPSA) is 57.6 Å². The summed E-state index contributed by atoms with van der Waals surface area (Å²) in [6.07, 6.45) is 1.18. The minimum Gasteiger partial charge on any atom is -0.393 e. The third-order valence-electron chi connectivity index (χ3n) is 4.31. The molecule has 1 aromatic rings. The molecule has 0 spiro atoms. The van der Waals surface area contributed by atoms with E-state index in [0.717, 1.165) is 18.9 Å².